The van der Waals surface area contributed by atoms with Gasteiger partial charge in [0.05, 0.1) is 26.2 Å². The van der Waals surface area contributed by atoms with E-state index in [9.17, 15) is 14.0 Å². The van der Waals surface area contributed by atoms with Crippen molar-refractivity contribution < 1.29 is 18.7 Å². The molecule has 27 heavy (non-hydrogen) atoms. The highest BCUT2D eigenvalue weighted by molar-refractivity contribution is 7.09. The number of carbonyl (C=O) groups excluding carboxylic acids is 2. The number of methoxy groups -OCH3 is 1. The monoisotopic (exact) mass is 393 g/mol. The average Bonchev–Trinajstić information content (AvgIpc) is 3.13. The van der Waals surface area contributed by atoms with Crippen molar-refractivity contribution in [3.8, 4) is 0 Å². The standard InChI is InChI=1S/C19H24FN3O3S/c1-22(13-18(24)21-16-7-5-15(20)6-8-16)14-19(25)23(9-10-26-2)12-17-4-3-11-27-17/h3-8,11H,9-10,12-14H2,1-2H3,(H,21,24). The Balaban J connectivity index is 1.85. The van der Waals surface area contributed by atoms with Gasteiger partial charge in [0.1, 0.15) is 5.82 Å². The van der Waals surface area contributed by atoms with Crippen LogP contribution < -0.4 is 5.32 Å². The van der Waals surface area contributed by atoms with Crippen molar-refractivity contribution in [2.24, 2.45) is 0 Å². The van der Waals surface area contributed by atoms with Crippen LogP contribution in [0.15, 0.2) is 41.8 Å². The summed E-state index contributed by atoms with van der Waals surface area (Å²) in [7, 11) is 3.31. The number of thiophene rings is 1. The molecule has 0 saturated heterocycles. The predicted octanol–water partition coefficient (Wildman–Crippen LogP) is 2.43. The van der Waals surface area contributed by atoms with Gasteiger partial charge in [-0.3, -0.25) is 14.5 Å². The van der Waals surface area contributed by atoms with Crippen LogP contribution in [-0.2, 0) is 20.9 Å². The van der Waals surface area contributed by atoms with E-state index in [2.05, 4.69) is 5.32 Å². The molecule has 1 heterocycles. The number of nitrogens with one attached hydrogen (secondary N) is 1. The molecular formula is C19H24FN3O3S. The fraction of sp³-hybridized carbons (Fsp3) is 0.368. The van der Waals surface area contributed by atoms with E-state index in [0.29, 0.717) is 25.4 Å². The zero-order chi connectivity index (χ0) is 19.6. The Morgan fingerprint density at radius 2 is 1.93 bits per heavy atom. The van der Waals surface area contributed by atoms with Crippen molar-refractivity contribution in [3.63, 3.8) is 0 Å². The van der Waals surface area contributed by atoms with E-state index < -0.39 is 0 Å². The minimum absolute atomic E-state index is 0.0558. The third kappa shape index (κ3) is 7.46. The van der Waals surface area contributed by atoms with Crippen LogP contribution in [0.3, 0.4) is 0 Å². The molecule has 0 atom stereocenters. The van der Waals surface area contributed by atoms with Gasteiger partial charge >= 0.3 is 0 Å². The largest absolute Gasteiger partial charge is 0.383 e. The number of carbonyl (C=O) groups is 2. The minimum atomic E-state index is -0.363. The molecule has 8 heteroatoms. The molecular weight excluding hydrogens is 369 g/mol. The molecule has 0 fully saturated rings. The summed E-state index contributed by atoms with van der Waals surface area (Å²) in [6.45, 7) is 1.64. The first-order valence-electron chi connectivity index (χ1n) is 8.51. The maximum absolute atomic E-state index is 12.9. The molecule has 0 aliphatic heterocycles. The fourth-order valence-electron chi connectivity index (χ4n) is 2.45. The van der Waals surface area contributed by atoms with Crippen molar-refractivity contribution in [3.05, 3.63) is 52.5 Å². The molecule has 0 spiro atoms. The number of benzene rings is 1. The Bertz CT molecular complexity index is 722. The second-order valence-corrected chi connectivity index (χ2v) is 7.15. The Labute approximate surface area is 162 Å². The smallest absolute Gasteiger partial charge is 0.238 e. The molecule has 1 aromatic heterocycles. The van der Waals surface area contributed by atoms with Crippen LogP contribution in [0.25, 0.3) is 0 Å². The second-order valence-electron chi connectivity index (χ2n) is 6.11. The Morgan fingerprint density at radius 3 is 2.56 bits per heavy atom. The number of anilines is 1. The van der Waals surface area contributed by atoms with Gasteiger partial charge in [-0.15, -0.1) is 11.3 Å². The molecule has 0 saturated carbocycles. The van der Waals surface area contributed by atoms with E-state index in [-0.39, 0.29) is 30.7 Å². The number of nitrogens with zero attached hydrogens (tertiary/aromatic N) is 2. The number of likely N-dealkylation sites (N-methyl/N-ethyl adjacent to an activating group) is 1. The summed E-state index contributed by atoms with van der Waals surface area (Å²) in [5.41, 5.74) is 0.514. The van der Waals surface area contributed by atoms with Crippen molar-refractivity contribution in [1.82, 2.24) is 9.80 Å². The van der Waals surface area contributed by atoms with E-state index in [1.54, 1.807) is 35.3 Å². The van der Waals surface area contributed by atoms with Gasteiger partial charge in [-0.05, 0) is 42.8 Å². The zero-order valence-corrected chi connectivity index (χ0v) is 16.3. The molecule has 2 aromatic rings. The summed E-state index contributed by atoms with van der Waals surface area (Å²) in [5, 5.41) is 4.66. The molecule has 0 aliphatic rings. The number of halogens is 1. The number of hydrogen-bond acceptors (Lipinski definition) is 5. The third-order valence-corrected chi connectivity index (χ3v) is 4.65. The summed E-state index contributed by atoms with van der Waals surface area (Å²) in [5.74, 6) is -0.700. The van der Waals surface area contributed by atoms with Crippen LogP contribution in [0.4, 0.5) is 10.1 Å². The molecule has 0 unspecified atom stereocenters. The van der Waals surface area contributed by atoms with Gasteiger partial charge in [0.25, 0.3) is 0 Å². The van der Waals surface area contributed by atoms with Crippen LogP contribution >= 0.6 is 11.3 Å². The molecule has 0 bridgehead atoms. The van der Waals surface area contributed by atoms with Crippen LogP contribution in [0.2, 0.25) is 0 Å². The van der Waals surface area contributed by atoms with Crippen molar-refractivity contribution in [1.29, 1.82) is 0 Å². The van der Waals surface area contributed by atoms with Crippen molar-refractivity contribution >= 4 is 28.8 Å². The fourth-order valence-corrected chi connectivity index (χ4v) is 3.17. The predicted molar refractivity (Wildman–Crippen MR) is 104 cm³/mol. The Morgan fingerprint density at radius 1 is 1.19 bits per heavy atom. The topological polar surface area (TPSA) is 61.9 Å². The Hall–Kier alpha value is -2.29. The average molecular weight is 393 g/mol. The number of ether oxygens (including phenoxy) is 1. The lowest BCUT2D eigenvalue weighted by Crippen LogP contribution is -2.42. The van der Waals surface area contributed by atoms with E-state index in [4.69, 9.17) is 4.74 Å². The van der Waals surface area contributed by atoms with Gasteiger partial charge in [0.15, 0.2) is 0 Å². The summed E-state index contributed by atoms with van der Waals surface area (Å²) in [4.78, 5) is 29.2. The Kier molecular flexibility index (Phi) is 8.38. The van der Waals surface area contributed by atoms with Gasteiger partial charge in [-0.2, -0.15) is 0 Å². The molecule has 6 nitrogen and oxygen atoms in total. The van der Waals surface area contributed by atoms with E-state index >= 15 is 0 Å². The number of rotatable bonds is 10. The van der Waals surface area contributed by atoms with Gasteiger partial charge in [0, 0.05) is 24.2 Å². The highest BCUT2D eigenvalue weighted by Gasteiger charge is 2.18. The van der Waals surface area contributed by atoms with Crippen molar-refractivity contribution in [2.45, 2.75) is 6.54 Å². The van der Waals surface area contributed by atoms with Gasteiger partial charge in [0.2, 0.25) is 11.8 Å². The van der Waals surface area contributed by atoms with Crippen LogP contribution in [-0.4, -0.2) is 62.0 Å². The summed E-state index contributed by atoms with van der Waals surface area (Å²) in [6.07, 6.45) is 0. The molecule has 1 N–H and O–H groups in total. The molecule has 0 radical (unpaired) electrons. The van der Waals surface area contributed by atoms with E-state index in [1.165, 1.54) is 24.3 Å². The zero-order valence-electron chi connectivity index (χ0n) is 15.5. The lowest BCUT2D eigenvalue weighted by atomic mass is 10.3. The summed E-state index contributed by atoms with van der Waals surface area (Å²) < 4.78 is 18.0. The molecule has 2 amide bonds. The van der Waals surface area contributed by atoms with Crippen LogP contribution in [0, 0.1) is 5.82 Å². The maximum atomic E-state index is 12.9. The van der Waals surface area contributed by atoms with E-state index in [0.717, 1.165) is 4.88 Å². The first-order valence-corrected chi connectivity index (χ1v) is 9.39. The first-order chi connectivity index (χ1) is 13.0. The van der Waals surface area contributed by atoms with Crippen LogP contribution in [0.5, 0.6) is 0 Å². The van der Waals surface area contributed by atoms with Crippen molar-refractivity contribution in [2.75, 3.05) is 45.7 Å². The SMILES string of the molecule is COCCN(Cc1cccs1)C(=O)CN(C)CC(=O)Nc1ccc(F)cc1. The number of hydrogen-bond donors (Lipinski definition) is 1. The summed E-state index contributed by atoms with van der Waals surface area (Å²) in [6, 6.07) is 9.47. The van der Waals surface area contributed by atoms with E-state index in [1.807, 2.05) is 17.5 Å². The quantitative estimate of drug-likeness (QED) is 0.674. The minimum Gasteiger partial charge on any atom is -0.383 e. The van der Waals surface area contributed by atoms with Gasteiger partial charge in [-0.25, -0.2) is 4.39 Å². The lowest BCUT2D eigenvalue weighted by Gasteiger charge is -2.24. The van der Waals surface area contributed by atoms with Crippen LogP contribution in [0.1, 0.15) is 4.88 Å². The normalized spacial score (nSPS) is 10.8. The second kappa shape index (κ2) is 10.8. The lowest BCUT2D eigenvalue weighted by molar-refractivity contribution is -0.133. The summed E-state index contributed by atoms with van der Waals surface area (Å²) >= 11 is 1.59. The first kappa shape index (κ1) is 21.0. The molecule has 146 valence electrons. The highest BCUT2D eigenvalue weighted by Crippen LogP contribution is 2.12. The third-order valence-electron chi connectivity index (χ3n) is 3.79. The molecule has 0 aliphatic carbocycles. The molecule has 1 aromatic carbocycles. The molecule has 2 rings (SSSR count). The number of amides is 2. The maximum Gasteiger partial charge on any atom is 0.238 e. The van der Waals surface area contributed by atoms with Gasteiger partial charge < -0.3 is 15.0 Å². The highest BCUT2D eigenvalue weighted by atomic mass is 32.1. The van der Waals surface area contributed by atoms with Gasteiger partial charge in [-0.1, -0.05) is 6.07 Å².